The van der Waals surface area contributed by atoms with E-state index in [0.29, 0.717) is 12.6 Å². The second-order valence-corrected chi connectivity index (χ2v) is 5.26. The lowest BCUT2D eigenvalue weighted by molar-refractivity contribution is 0.203. The van der Waals surface area contributed by atoms with Gasteiger partial charge in [-0.1, -0.05) is 13.0 Å². The van der Waals surface area contributed by atoms with E-state index in [4.69, 9.17) is 4.74 Å². The van der Waals surface area contributed by atoms with E-state index < -0.39 is 0 Å². The molecule has 0 saturated carbocycles. The third kappa shape index (κ3) is 3.89. The third-order valence-corrected chi connectivity index (χ3v) is 4.08. The van der Waals surface area contributed by atoms with E-state index >= 15 is 0 Å². The number of hydrogen-bond acceptors (Lipinski definition) is 4. The van der Waals surface area contributed by atoms with Gasteiger partial charge in [0.1, 0.15) is 6.07 Å². The quantitative estimate of drug-likeness (QED) is 0.715. The lowest BCUT2D eigenvalue weighted by atomic mass is 10.1. The van der Waals surface area contributed by atoms with Crippen molar-refractivity contribution in [1.29, 1.82) is 5.26 Å². The van der Waals surface area contributed by atoms with E-state index in [1.165, 1.54) is 0 Å². The van der Waals surface area contributed by atoms with Crippen molar-refractivity contribution < 1.29 is 4.74 Å². The molecule has 0 bridgehead atoms. The Hall–Kier alpha value is -1.18. The first-order valence-electron chi connectivity index (χ1n) is 6.52. The van der Waals surface area contributed by atoms with Crippen LogP contribution in [0.2, 0.25) is 0 Å². The highest BCUT2D eigenvalue weighted by molar-refractivity contribution is 7.98. The minimum atomic E-state index is 0.388. The van der Waals surface area contributed by atoms with Crippen LogP contribution in [0.1, 0.15) is 25.8 Å². The van der Waals surface area contributed by atoms with Crippen LogP contribution >= 0.6 is 11.8 Å². The zero-order chi connectivity index (χ0) is 14.3. The fourth-order valence-electron chi connectivity index (χ4n) is 2.03. The molecule has 0 saturated heterocycles. The van der Waals surface area contributed by atoms with Crippen molar-refractivity contribution in [2.75, 3.05) is 31.4 Å². The summed E-state index contributed by atoms with van der Waals surface area (Å²) in [5.41, 5.74) is 1.78. The summed E-state index contributed by atoms with van der Waals surface area (Å²) in [7, 11) is 1.71. The van der Waals surface area contributed by atoms with Gasteiger partial charge in [0, 0.05) is 24.6 Å². The number of nitriles is 1. The van der Waals surface area contributed by atoms with Crippen LogP contribution in [-0.4, -0.2) is 32.6 Å². The third-order valence-electron chi connectivity index (χ3n) is 3.30. The van der Waals surface area contributed by atoms with Crippen molar-refractivity contribution >= 4 is 17.4 Å². The summed E-state index contributed by atoms with van der Waals surface area (Å²) in [6.07, 6.45) is 3.04. The second kappa shape index (κ2) is 8.08. The van der Waals surface area contributed by atoms with Gasteiger partial charge in [0.2, 0.25) is 0 Å². The number of anilines is 1. The van der Waals surface area contributed by atoms with Gasteiger partial charge in [0.05, 0.1) is 17.9 Å². The average Bonchev–Trinajstić information content (AvgIpc) is 2.46. The number of rotatable bonds is 7. The number of methoxy groups -OCH3 is 1. The average molecular weight is 278 g/mol. The first kappa shape index (κ1) is 15.9. The van der Waals surface area contributed by atoms with E-state index in [0.717, 1.165) is 29.1 Å². The van der Waals surface area contributed by atoms with Crippen LogP contribution in [-0.2, 0) is 4.74 Å². The topological polar surface area (TPSA) is 36.3 Å². The molecule has 1 aromatic carbocycles. The highest BCUT2D eigenvalue weighted by Gasteiger charge is 2.18. The molecule has 1 atom stereocenters. The van der Waals surface area contributed by atoms with Crippen molar-refractivity contribution in [1.82, 2.24) is 0 Å². The monoisotopic (exact) mass is 278 g/mol. The number of benzene rings is 1. The predicted octanol–water partition coefficient (Wildman–Crippen LogP) is 3.53. The molecule has 0 aliphatic heterocycles. The van der Waals surface area contributed by atoms with Gasteiger partial charge in [-0.05, 0) is 31.7 Å². The standard InChI is InChI=1S/C15H22N2OS/c1-5-12(2)17(9-10-18-3)14-7-6-8-15(19-4)13(14)11-16/h6-8,12H,5,9-10H2,1-4H3. The molecule has 0 aliphatic rings. The summed E-state index contributed by atoms with van der Waals surface area (Å²) in [6, 6.07) is 8.78. The fraction of sp³-hybridized carbons (Fsp3) is 0.533. The molecule has 1 rings (SSSR count). The van der Waals surface area contributed by atoms with Gasteiger partial charge in [-0.25, -0.2) is 0 Å². The predicted molar refractivity (Wildman–Crippen MR) is 81.9 cm³/mol. The van der Waals surface area contributed by atoms with Gasteiger partial charge in [-0.15, -0.1) is 11.8 Å². The molecule has 0 N–H and O–H groups in total. The van der Waals surface area contributed by atoms with Crippen molar-refractivity contribution in [3.05, 3.63) is 23.8 Å². The van der Waals surface area contributed by atoms with Gasteiger partial charge >= 0.3 is 0 Å². The normalized spacial score (nSPS) is 11.9. The van der Waals surface area contributed by atoms with Gasteiger partial charge in [0.25, 0.3) is 0 Å². The fourth-order valence-corrected chi connectivity index (χ4v) is 2.60. The van der Waals surface area contributed by atoms with Crippen LogP contribution in [0, 0.1) is 11.3 Å². The maximum Gasteiger partial charge on any atom is 0.103 e. The number of hydrogen-bond donors (Lipinski definition) is 0. The van der Waals surface area contributed by atoms with E-state index in [2.05, 4.69) is 24.8 Å². The van der Waals surface area contributed by atoms with Crippen LogP contribution < -0.4 is 4.90 Å². The van der Waals surface area contributed by atoms with Gasteiger partial charge < -0.3 is 9.64 Å². The van der Waals surface area contributed by atoms with Crippen molar-refractivity contribution in [2.24, 2.45) is 0 Å². The molecule has 0 aromatic heterocycles. The molecule has 0 amide bonds. The molecule has 0 spiro atoms. The highest BCUT2D eigenvalue weighted by Crippen LogP contribution is 2.30. The molecule has 104 valence electrons. The maximum absolute atomic E-state index is 9.44. The number of ether oxygens (including phenoxy) is 1. The Labute approximate surface area is 120 Å². The van der Waals surface area contributed by atoms with Crippen LogP contribution in [0.4, 0.5) is 5.69 Å². The summed E-state index contributed by atoms with van der Waals surface area (Å²) in [5.74, 6) is 0. The lowest BCUT2D eigenvalue weighted by Crippen LogP contribution is -2.36. The second-order valence-electron chi connectivity index (χ2n) is 4.41. The summed E-state index contributed by atoms with van der Waals surface area (Å²) in [4.78, 5) is 3.30. The Morgan fingerprint density at radius 2 is 2.21 bits per heavy atom. The first-order valence-corrected chi connectivity index (χ1v) is 7.74. The summed E-state index contributed by atoms with van der Waals surface area (Å²) < 4.78 is 5.19. The van der Waals surface area contributed by atoms with Crippen LogP contribution in [0.15, 0.2) is 23.1 Å². The van der Waals surface area contributed by atoms with Crippen LogP contribution in [0.3, 0.4) is 0 Å². The molecule has 0 heterocycles. The summed E-state index contributed by atoms with van der Waals surface area (Å²) in [6.45, 7) is 5.81. The van der Waals surface area contributed by atoms with Crippen LogP contribution in [0.5, 0.6) is 0 Å². The van der Waals surface area contributed by atoms with E-state index in [1.54, 1.807) is 18.9 Å². The minimum absolute atomic E-state index is 0.388. The van der Waals surface area contributed by atoms with E-state index in [-0.39, 0.29) is 0 Å². The smallest absolute Gasteiger partial charge is 0.103 e. The Morgan fingerprint density at radius 1 is 1.47 bits per heavy atom. The molecule has 3 nitrogen and oxygen atoms in total. The number of nitrogens with zero attached hydrogens (tertiary/aromatic N) is 2. The van der Waals surface area contributed by atoms with Crippen molar-refractivity contribution in [3.8, 4) is 6.07 Å². The Morgan fingerprint density at radius 3 is 2.74 bits per heavy atom. The maximum atomic E-state index is 9.44. The molecule has 0 aliphatic carbocycles. The van der Waals surface area contributed by atoms with E-state index in [9.17, 15) is 5.26 Å². The Kier molecular flexibility index (Phi) is 6.75. The van der Waals surface area contributed by atoms with Crippen molar-refractivity contribution in [3.63, 3.8) is 0 Å². The largest absolute Gasteiger partial charge is 0.383 e. The van der Waals surface area contributed by atoms with Gasteiger partial charge in [-0.2, -0.15) is 5.26 Å². The lowest BCUT2D eigenvalue weighted by Gasteiger charge is -2.31. The highest BCUT2D eigenvalue weighted by atomic mass is 32.2. The molecular formula is C15H22N2OS. The molecule has 4 heteroatoms. The molecule has 0 fully saturated rings. The van der Waals surface area contributed by atoms with E-state index in [1.807, 2.05) is 24.5 Å². The minimum Gasteiger partial charge on any atom is -0.383 e. The SMILES string of the molecule is CCC(C)N(CCOC)c1cccc(SC)c1C#N. The molecular weight excluding hydrogens is 256 g/mol. The Balaban J connectivity index is 3.18. The first-order chi connectivity index (χ1) is 9.19. The molecule has 1 aromatic rings. The zero-order valence-electron chi connectivity index (χ0n) is 12.1. The van der Waals surface area contributed by atoms with Crippen molar-refractivity contribution in [2.45, 2.75) is 31.2 Å². The van der Waals surface area contributed by atoms with Crippen LogP contribution in [0.25, 0.3) is 0 Å². The zero-order valence-corrected chi connectivity index (χ0v) is 13.0. The van der Waals surface area contributed by atoms with Gasteiger partial charge in [0.15, 0.2) is 0 Å². The summed E-state index contributed by atoms with van der Waals surface area (Å²) >= 11 is 1.61. The molecule has 1 unspecified atom stereocenters. The molecule has 0 radical (unpaired) electrons. The molecule has 19 heavy (non-hydrogen) atoms. The van der Waals surface area contributed by atoms with Gasteiger partial charge in [-0.3, -0.25) is 0 Å². The summed E-state index contributed by atoms with van der Waals surface area (Å²) in [5, 5.41) is 9.44. The Bertz CT molecular complexity index is 442. The number of thioether (sulfide) groups is 1.